The van der Waals surface area contributed by atoms with E-state index in [4.69, 9.17) is 9.72 Å². The zero-order valence-corrected chi connectivity index (χ0v) is 15.4. The first-order valence-corrected chi connectivity index (χ1v) is 9.84. The van der Waals surface area contributed by atoms with Gasteiger partial charge in [0.2, 0.25) is 0 Å². The minimum atomic E-state index is -0.284. The maximum absolute atomic E-state index is 11.6. The van der Waals surface area contributed by atoms with Crippen LogP contribution >= 0.6 is 0 Å². The largest absolute Gasteiger partial charge is 0.465 e. The number of hydrogen-bond donors (Lipinski definition) is 0. The van der Waals surface area contributed by atoms with Gasteiger partial charge in [0.15, 0.2) is 0 Å². The van der Waals surface area contributed by atoms with Crippen LogP contribution in [0.15, 0.2) is 36.7 Å². The first-order chi connectivity index (χ1) is 12.6. The smallest absolute Gasteiger partial charge is 0.337 e. The third kappa shape index (κ3) is 2.58. The molecular weight excluding hydrogens is 324 g/mol. The standard InChI is InChI=1S/C22H26N2O2/c1-26-20(25)19-4-2-15(3-5-19)14-24-7-6-23-21(24)22-11-16-8-17(12-22)10-18(9-16)13-22/h2-7,16-18H,8-14H2,1H3. The van der Waals surface area contributed by atoms with Crippen LogP contribution in [0.1, 0.15) is 60.3 Å². The quantitative estimate of drug-likeness (QED) is 0.777. The van der Waals surface area contributed by atoms with E-state index in [1.165, 1.54) is 57.0 Å². The number of nitrogens with zero attached hydrogens (tertiary/aromatic N) is 2. The molecule has 1 aromatic heterocycles. The van der Waals surface area contributed by atoms with Gasteiger partial charge in [-0.2, -0.15) is 0 Å². The summed E-state index contributed by atoms with van der Waals surface area (Å²) in [5, 5.41) is 0. The minimum absolute atomic E-state index is 0.284. The second kappa shape index (κ2) is 5.97. The summed E-state index contributed by atoms with van der Waals surface area (Å²) >= 11 is 0. The third-order valence-electron chi connectivity index (χ3n) is 6.96. The molecule has 0 N–H and O–H groups in total. The van der Waals surface area contributed by atoms with E-state index < -0.39 is 0 Å². The van der Waals surface area contributed by atoms with Gasteiger partial charge >= 0.3 is 5.97 Å². The zero-order valence-electron chi connectivity index (χ0n) is 15.4. The van der Waals surface area contributed by atoms with Gasteiger partial charge in [0, 0.05) is 24.4 Å². The van der Waals surface area contributed by atoms with Gasteiger partial charge in [0.1, 0.15) is 5.82 Å². The van der Waals surface area contributed by atoms with Gasteiger partial charge in [-0.25, -0.2) is 9.78 Å². The second-order valence-electron chi connectivity index (χ2n) is 8.77. The highest BCUT2D eigenvalue weighted by Gasteiger charge is 2.53. The summed E-state index contributed by atoms with van der Waals surface area (Å²) in [5.41, 5.74) is 2.11. The Labute approximate surface area is 154 Å². The van der Waals surface area contributed by atoms with Gasteiger partial charge in [-0.3, -0.25) is 0 Å². The van der Waals surface area contributed by atoms with E-state index in [1.54, 1.807) is 0 Å². The summed E-state index contributed by atoms with van der Waals surface area (Å²) < 4.78 is 7.13. The van der Waals surface area contributed by atoms with Crippen molar-refractivity contribution in [2.24, 2.45) is 17.8 Å². The van der Waals surface area contributed by atoms with E-state index >= 15 is 0 Å². The Morgan fingerprint density at radius 2 is 1.73 bits per heavy atom. The molecule has 0 saturated heterocycles. The fourth-order valence-electron chi connectivity index (χ4n) is 6.34. The van der Waals surface area contributed by atoms with Gasteiger partial charge in [-0.15, -0.1) is 0 Å². The lowest BCUT2D eigenvalue weighted by atomic mass is 9.49. The van der Waals surface area contributed by atoms with Crippen LogP contribution in [0.3, 0.4) is 0 Å². The fourth-order valence-corrected chi connectivity index (χ4v) is 6.34. The molecule has 1 aromatic carbocycles. The zero-order chi connectivity index (χ0) is 17.7. The van der Waals surface area contributed by atoms with E-state index in [9.17, 15) is 4.79 Å². The number of carbonyl (C=O) groups excluding carboxylic acids is 1. The maximum atomic E-state index is 11.6. The van der Waals surface area contributed by atoms with Crippen molar-refractivity contribution in [1.29, 1.82) is 0 Å². The Kier molecular flexibility index (Phi) is 3.70. The highest BCUT2D eigenvalue weighted by molar-refractivity contribution is 5.89. The van der Waals surface area contributed by atoms with Crippen LogP contribution in [-0.4, -0.2) is 22.6 Å². The molecule has 136 valence electrons. The normalized spacial score (nSPS) is 32.0. The molecule has 4 heteroatoms. The average molecular weight is 350 g/mol. The number of aromatic nitrogens is 2. The Morgan fingerprint density at radius 3 is 2.31 bits per heavy atom. The molecule has 1 heterocycles. The molecule has 4 fully saturated rings. The molecule has 0 radical (unpaired) electrons. The van der Waals surface area contributed by atoms with Crippen LogP contribution in [0.4, 0.5) is 0 Å². The molecule has 2 aromatic rings. The number of imidazole rings is 1. The van der Waals surface area contributed by atoms with E-state index in [2.05, 4.69) is 10.8 Å². The Hall–Kier alpha value is -2.10. The van der Waals surface area contributed by atoms with E-state index in [0.29, 0.717) is 11.0 Å². The maximum Gasteiger partial charge on any atom is 0.337 e. The minimum Gasteiger partial charge on any atom is -0.465 e. The third-order valence-corrected chi connectivity index (χ3v) is 6.96. The van der Waals surface area contributed by atoms with Crippen molar-refractivity contribution in [2.45, 2.75) is 50.5 Å². The number of hydrogen-bond acceptors (Lipinski definition) is 3. The highest BCUT2D eigenvalue weighted by atomic mass is 16.5. The molecule has 0 spiro atoms. The molecular formula is C22H26N2O2. The van der Waals surface area contributed by atoms with Gasteiger partial charge < -0.3 is 9.30 Å². The van der Waals surface area contributed by atoms with Crippen molar-refractivity contribution >= 4 is 5.97 Å². The van der Waals surface area contributed by atoms with Crippen molar-refractivity contribution in [2.75, 3.05) is 7.11 Å². The van der Waals surface area contributed by atoms with Crippen molar-refractivity contribution in [3.63, 3.8) is 0 Å². The Bertz CT molecular complexity index is 786. The molecule has 4 saturated carbocycles. The summed E-state index contributed by atoms with van der Waals surface area (Å²) in [7, 11) is 1.42. The van der Waals surface area contributed by atoms with Crippen LogP contribution in [0, 0.1) is 17.8 Å². The van der Waals surface area contributed by atoms with Gasteiger partial charge in [0.25, 0.3) is 0 Å². The van der Waals surface area contributed by atoms with Gasteiger partial charge in [0.05, 0.1) is 12.7 Å². The number of ether oxygens (including phenoxy) is 1. The molecule has 0 amide bonds. The summed E-state index contributed by atoms with van der Waals surface area (Å²) in [5.74, 6) is 3.78. The lowest BCUT2D eigenvalue weighted by molar-refractivity contribution is -0.0108. The van der Waals surface area contributed by atoms with E-state index in [0.717, 1.165) is 24.3 Å². The number of benzene rings is 1. The molecule has 0 unspecified atom stereocenters. The van der Waals surface area contributed by atoms with E-state index in [1.807, 2.05) is 30.5 Å². The lowest BCUT2D eigenvalue weighted by Gasteiger charge is -2.56. The van der Waals surface area contributed by atoms with Crippen LogP contribution in [0.5, 0.6) is 0 Å². The summed E-state index contributed by atoms with van der Waals surface area (Å²) in [4.78, 5) is 16.5. The van der Waals surface area contributed by atoms with Crippen LogP contribution in [0.25, 0.3) is 0 Å². The average Bonchev–Trinajstić information content (AvgIpc) is 3.09. The first kappa shape index (κ1) is 16.1. The molecule has 4 nitrogen and oxygen atoms in total. The monoisotopic (exact) mass is 350 g/mol. The second-order valence-corrected chi connectivity index (χ2v) is 8.77. The predicted octanol–water partition coefficient (Wildman–Crippen LogP) is 4.19. The number of rotatable bonds is 4. The first-order valence-electron chi connectivity index (χ1n) is 9.84. The molecule has 4 aliphatic rings. The molecule has 0 atom stereocenters. The van der Waals surface area contributed by atoms with Gasteiger partial charge in [-0.1, -0.05) is 12.1 Å². The SMILES string of the molecule is COC(=O)c1ccc(Cn2ccnc2C23CC4CC(CC(C4)C2)C3)cc1. The number of carbonyl (C=O) groups is 1. The van der Waals surface area contributed by atoms with Crippen LogP contribution in [-0.2, 0) is 16.7 Å². The number of methoxy groups -OCH3 is 1. The fraction of sp³-hybridized carbons (Fsp3) is 0.545. The van der Waals surface area contributed by atoms with Crippen molar-refractivity contribution in [1.82, 2.24) is 9.55 Å². The number of esters is 1. The van der Waals surface area contributed by atoms with Crippen LogP contribution in [0.2, 0.25) is 0 Å². The van der Waals surface area contributed by atoms with E-state index in [-0.39, 0.29) is 5.97 Å². The Morgan fingerprint density at radius 1 is 1.12 bits per heavy atom. The Balaban J connectivity index is 1.41. The summed E-state index contributed by atoms with van der Waals surface area (Å²) in [6.07, 6.45) is 12.4. The molecule has 4 bridgehead atoms. The predicted molar refractivity (Wildman–Crippen MR) is 99.0 cm³/mol. The van der Waals surface area contributed by atoms with Crippen molar-refractivity contribution in [3.05, 3.63) is 53.6 Å². The summed E-state index contributed by atoms with van der Waals surface area (Å²) in [6.45, 7) is 0.818. The van der Waals surface area contributed by atoms with Gasteiger partial charge in [-0.05, 0) is 74.0 Å². The molecule has 6 rings (SSSR count). The topological polar surface area (TPSA) is 44.1 Å². The highest BCUT2D eigenvalue weighted by Crippen LogP contribution is 2.60. The lowest BCUT2D eigenvalue weighted by Crippen LogP contribution is -2.49. The molecule has 0 aliphatic heterocycles. The molecule has 4 aliphatic carbocycles. The van der Waals surface area contributed by atoms with Crippen molar-refractivity contribution < 1.29 is 9.53 Å². The molecule has 26 heavy (non-hydrogen) atoms. The van der Waals surface area contributed by atoms with Crippen LogP contribution < -0.4 is 0 Å². The summed E-state index contributed by atoms with van der Waals surface area (Å²) in [6, 6.07) is 7.75. The van der Waals surface area contributed by atoms with Crippen molar-refractivity contribution in [3.8, 4) is 0 Å².